The molecule has 1 saturated heterocycles. The summed E-state index contributed by atoms with van der Waals surface area (Å²) in [6.07, 6.45) is 6.20. The van der Waals surface area contributed by atoms with Crippen molar-refractivity contribution in [2.24, 2.45) is 20.0 Å². The van der Waals surface area contributed by atoms with Crippen LogP contribution in [0.25, 0.3) is 11.2 Å². The van der Waals surface area contributed by atoms with Crippen molar-refractivity contribution in [1.82, 2.24) is 23.6 Å². The van der Waals surface area contributed by atoms with E-state index in [0.717, 1.165) is 32.0 Å². The van der Waals surface area contributed by atoms with Crippen LogP contribution in [0.3, 0.4) is 0 Å². The first-order valence-corrected chi connectivity index (χ1v) is 8.86. The second kappa shape index (κ2) is 6.93. The van der Waals surface area contributed by atoms with E-state index in [9.17, 15) is 9.59 Å². The van der Waals surface area contributed by atoms with Crippen LogP contribution < -0.4 is 11.2 Å². The van der Waals surface area contributed by atoms with Gasteiger partial charge in [-0.05, 0) is 38.3 Å². The highest BCUT2D eigenvalue weighted by molar-refractivity contribution is 5.69. The third kappa shape index (κ3) is 3.05. The molecule has 1 atom stereocenters. The molecular formula is C17H27N5O2. The standard InChI is InChI=1S/C17H27N5O2/c1-4-13-7-5-8-21(11-13)9-6-10-22-16(23)14-15(18-12-19(14)2)20(3)17(22)24/h12-13H,4-11H2,1-3H3. The third-order valence-electron chi connectivity index (χ3n) is 5.24. The number of rotatable bonds is 5. The Morgan fingerprint density at radius 1 is 1.25 bits per heavy atom. The van der Waals surface area contributed by atoms with Gasteiger partial charge in [-0.25, -0.2) is 9.78 Å². The number of likely N-dealkylation sites (tertiary alicyclic amines) is 1. The second-order valence-corrected chi connectivity index (χ2v) is 6.90. The Morgan fingerprint density at radius 3 is 2.79 bits per heavy atom. The van der Waals surface area contributed by atoms with Crippen molar-refractivity contribution < 1.29 is 0 Å². The van der Waals surface area contributed by atoms with Crippen LogP contribution in [-0.2, 0) is 20.6 Å². The number of hydrogen-bond donors (Lipinski definition) is 0. The molecule has 0 spiro atoms. The van der Waals surface area contributed by atoms with E-state index < -0.39 is 0 Å². The highest BCUT2D eigenvalue weighted by Crippen LogP contribution is 2.19. The maximum atomic E-state index is 12.6. The van der Waals surface area contributed by atoms with E-state index in [-0.39, 0.29) is 11.2 Å². The van der Waals surface area contributed by atoms with Crippen LogP contribution in [0.2, 0.25) is 0 Å². The Bertz CT molecular complexity index is 832. The molecule has 0 aliphatic carbocycles. The molecule has 1 aliphatic heterocycles. The Kier molecular flexibility index (Phi) is 4.89. The van der Waals surface area contributed by atoms with Crippen LogP contribution in [0.4, 0.5) is 0 Å². The number of imidazole rings is 1. The molecule has 1 unspecified atom stereocenters. The summed E-state index contributed by atoms with van der Waals surface area (Å²) in [5.41, 5.74) is 0.418. The summed E-state index contributed by atoms with van der Waals surface area (Å²) in [5, 5.41) is 0. The minimum atomic E-state index is -0.281. The molecule has 0 amide bonds. The minimum Gasteiger partial charge on any atom is -0.328 e. The monoisotopic (exact) mass is 333 g/mol. The van der Waals surface area contributed by atoms with Gasteiger partial charge in [-0.2, -0.15) is 0 Å². The van der Waals surface area contributed by atoms with Crippen molar-refractivity contribution in [2.45, 2.75) is 39.2 Å². The summed E-state index contributed by atoms with van der Waals surface area (Å²) in [5.74, 6) is 0.792. The normalized spacial score (nSPS) is 19.2. The van der Waals surface area contributed by atoms with Crippen molar-refractivity contribution in [3.8, 4) is 0 Å². The van der Waals surface area contributed by atoms with Crippen LogP contribution >= 0.6 is 0 Å². The molecule has 24 heavy (non-hydrogen) atoms. The van der Waals surface area contributed by atoms with E-state index in [1.54, 1.807) is 25.0 Å². The molecule has 0 bridgehead atoms. The molecule has 2 aromatic heterocycles. The lowest BCUT2D eigenvalue weighted by molar-refractivity contribution is 0.167. The van der Waals surface area contributed by atoms with Crippen molar-refractivity contribution in [3.63, 3.8) is 0 Å². The molecule has 0 saturated carbocycles. The van der Waals surface area contributed by atoms with Crippen molar-refractivity contribution >= 4 is 11.2 Å². The van der Waals surface area contributed by atoms with Gasteiger partial charge in [-0.1, -0.05) is 13.3 Å². The maximum Gasteiger partial charge on any atom is 0.332 e. The van der Waals surface area contributed by atoms with Crippen LogP contribution in [0.15, 0.2) is 15.9 Å². The number of fused-ring (bicyclic) bond motifs is 1. The lowest BCUT2D eigenvalue weighted by Gasteiger charge is -2.32. The zero-order valence-electron chi connectivity index (χ0n) is 14.9. The van der Waals surface area contributed by atoms with E-state index >= 15 is 0 Å². The van der Waals surface area contributed by atoms with Gasteiger partial charge in [0, 0.05) is 27.2 Å². The highest BCUT2D eigenvalue weighted by Gasteiger charge is 2.19. The van der Waals surface area contributed by atoms with E-state index in [2.05, 4.69) is 16.8 Å². The topological polar surface area (TPSA) is 65.1 Å². The maximum absolute atomic E-state index is 12.6. The van der Waals surface area contributed by atoms with E-state index in [1.165, 1.54) is 28.4 Å². The second-order valence-electron chi connectivity index (χ2n) is 6.90. The fourth-order valence-corrected chi connectivity index (χ4v) is 3.73. The van der Waals surface area contributed by atoms with Crippen LogP contribution in [0.1, 0.15) is 32.6 Å². The van der Waals surface area contributed by atoms with Gasteiger partial charge < -0.3 is 9.47 Å². The van der Waals surface area contributed by atoms with Gasteiger partial charge in [0.05, 0.1) is 6.33 Å². The largest absolute Gasteiger partial charge is 0.332 e. The smallest absolute Gasteiger partial charge is 0.328 e. The molecule has 0 aromatic carbocycles. The van der Waals surface area contributed by atoms with E-state index in [0.29, 0.717) is 17.7 Å². The number of aryl methyl sites for hydroxylation is 2. The van der Waals surface area contributed by atoms with Crippen molar-refractivity contribution in [2.75, 3.05) is 19.6 Å². The molecule has 3 heterocycles. The first kappa shape index (κ1) is 17.0. The SMILES string of the molecule is CCC1CCCN(CCCn2c(=O)c3c(ncn3C)n(C)c2=O)C1. The number of nitrogens with zero attached hydrogens (tertiary/aromatic N) is 5. The van der Waals surface area contributed by atoms with Crippen molar-refractivity contribution in [1.29, 1.82) is 0 Å². The van der Waals surface area contributed by atoms with Gasteiger partial charge in [0.1, 0.15) is 0 Å². The summed E-state index contributed by atoms with van der Waals surface area (Å²) >= 11 is 0. The molecule has 7 nitrogen and oxygen atoms in total. The van der Waals surface area contributed by atoms with Gasteiger partial charge in [0.15, 0.2) is 11.2 Å². The first-order valence-electron chi connectivity index (χ1n) is 8.86. The molecule has 0 N–H and O–H groups in total. The number of hydrogen-bond acceptors (Lipinski definition) is 4. The quantitative estimate of drug-likeness (QED) is 0.817. The summed E-state index contributed by atoms with van der Waals surface area (Å²) < 4.78 is 4.50. The molecule has 1 fully saturated rings. The molecule has 7 heteroatoms. The Morgan fingerprint density at radius 2 is 2.04 bits per heavy atom. The van der Waals surface area contributed by atoms with Gasteiger partial charge in [0.2, 0.25) is 0 Å². The predicted octanol–water partition coefficient (Wildman–Crippen LogP) is 0.946. The summed E-state index contributed by atoms with van der Waals surface area (Å²) in [6, 6.07) is 0. The lowest BCUT2D eigenvalue weighted by atomic mass is 9.95. The minimum absolute atomic E-state index is 0.238. The molecule has 0 radical (unpaired) electrons. The third-order valence-corrected chi connectivity index (χ3v) is 5.24. The van der Waals surface area contributed by atoms with E-state index in [4.69, 9.17) is 0 Å². The fraction of sp³-hybridized carbons (Fsp3) is 0.706. The Hall–Kier alpha value is -1.89. The van der Waals surface area contributed by atoms with Gasteiger partial charge >= 0.3 is 5.69 Å². The average Bonchev–Trinajstić information content (AvgIpc) is 2.98. The summed E-state index contributed by atoms with van der Waals surface area (Å²) in [4.78, 5) is 31.7. The zero-order chi connectivity index (χ0) is 17.3. The van der Waals surface area contributed by atoms with Crippen LogP contribution in [0.5, 0.6) is 0 Å². The molecule has 1 aliphatic rings. The predicted molar refractivity (Wildman–Crippen MR) is 94.3 cm³/mol. The fourth-order valence-electron chi connectivity index (χ4n) is 3.73. The first-order chi connectivity index (χ1) is 11.5. The van der Waals surface area contributed by atoms with Crippen LogP contribution in [0, 0.1) is 5.92 Å². The van der Waals surface area contributed by atoms with Crippen LogP contribution in [-0.4, -0.2) is 43.2 Å². The molecular weight excluding hydrogens is 306 g/mol. The number of piperidine rings is 1. The average molecular weight is 333 g/mol. The molecule has 3 rings (SSSR count). The van der Waals surface area contributed by atoms with Crippen molar-refractivity contribution in [3.05, 3.63) is 27.2 Å². The Balaban J connectivity index is 1.75. The lowest BCUT2D eigenvalue weighted by Crippen LogP contribution is -2.41. The molecule has 132 valence electrons. The van der Waals surface area contributed by atoms with Gasteiger partial charge in [0.25, 0.3) is 5.56 Å². The highest BCUT2D eigenvalue weighted by atomic mass is 16.2. The summed E-state index contributed by atoms with van der Waals surface area (Å²) in [7, 11) is 3.45. The number of aromatic nitrogens is 4. The Labute approximate surface area is 141 Å². The van der Waals surface area contributed by atoms with E-state index in [1.807, 2.05) is 0 Å². The molecule has 2 aromatic rings. The van der Waals surface area contributed by atoms with Gasteiger partial charge in [-0.3, -0.25) is 13.9 Å². The van der Waals surface area contributed by atoms with Gasteiger partial charge in [-0.15, -0.1) is 0 Å². The summed E-state index contributed by atoms with van der Waals surface area (Å²) in [6.45, 7) is 5.92. The zero-order valence-corrected chi connectivity index (χ0v) is 14.9.